The van der Waals surface area contributed by atoms with E-state index in [-0.39, 0.29) is 5.54 Å². The number of fused-ring (bicyclic) bond motifs is 1. The summed E-state index contributed by atoms with van der Waals surface area (Å²) < 4.78 is 0. The molecule has 0 amide bonds. The molecule has 0 saturated heterocycles. The van der Waals surface area contributed by atoms with Gasteiger partial charge in [-0.1, -0.05) is 12.1 Å². The minimum absolute atomic E-state index is 0.244. The Morgan fingerprint density at radius 1 is 1.05 bits per heavy atom. The summed E-state index contributed by atoms with van der Waals surface area (Å²) in [5.41, 5.74) is 2.38. The molecular formula is C18H21N3. The quantitative estimate of drug-likeness (QED) is 0.831. The van der Waals surface area contributed by atoms with Gasteiger partial charge in [-0.05, 0) is 68.4 Å². The average Bonchev–Trinajstić information content (AvgIpc) is 2.87. The summed E-state index contributed by atoms with van der Waals surface area (Å²) in [5, 5.41) is 0. The van der Waals surface area contributed by atoms with Crippen molar-refractivity contribution in [3.63, 3.8) is 0 Å². The molecule has 4 aliphatic rings. The van der Waals surface area contributed by atoms with Crippen molar-refractivity contribution < 1.29 is 0 Å². The molecular weight excluding hydrogens is 258 g/mol. The van der Waals surface area contributed by atoms with Gasteiger partial charge in [0.2, 0.25) is 0 Å². The average molecular weight is 279 g/mol. The monoisotopic (exact) mass is 279 g/mol. The van der Waals surface area contributed by atoms with E-state index in [1.54, 1.807) is 0 Å². The maximum atomic E-state index is 5.06. The van der Waals surface area contributed by atoms with Crippen molar-refractivity contribution in [2.24, 2.45) is 22.7 Å². The molecule has 21 heavy (non-hydrogen) atoms. The molecule has 0 spiro atoms. The van der Waals surface area contributed by atoms with Crippen LogP contribution in [0.4, 0.5) is 0 Å². The third kappa shape index (κ3) is 1.94. The first-order chi connectivity index (χ1) is 10.3. The highest BCUT2D eigenvalue weighted by Gasteiger charge is 2.50. The molecule has 4 saturated carbocycles. The van der Waals surface area contributed by atoms with Crippen molar-refractivity contribution in [1.29, 1.82) is 0 Å². The predicted octanol–water partition coefficient (Wildman–Crippen LogP) is 3.95. The molecule has 4 bridgehead atoms. The maximum absolute atomic E-state index is 5.06. The number of hydrogen-bond acceptors (Lipinski definition) is 2. The first kappa shape index (κ1) is 12.0. The van der Waals surface area contributed by atoms with Crippen LogP contribution in [0.25, 0.3) is 11.0 Å². The molecule has 1 heterocycles. The Morgan fingerprint density at radius 3 is 2.38 bits per heavy atom. The minimum atomic E-state index is 0.244. The van der Waals surface area contributed by atoms with Gasteiger partial charge in [-0.3, -0.25) is 4.99 Å². The molecule has 4 fully saturated rings. The Labute approximate surface area is 124 Å². The second-order valence-corrected chi connectivity index (χ2v) is 7.54. The Bertz CT molecular complexity index is 644. The van der Waals surface area contributed by atoms with Gasteiger partial charge in [0.15, 0.2) is 0 Å². The molecule has 3 nitrogen and oxygen atoms in total. The predicted molar refractivity (Wildman–Crippen MR) is 84.6 cm³/mol. The van der Waals surface area contributed by atoms with Crippen LogP contribution in [-0.4, -0.2) is 21.7 Å². The van der Waals surface area contributed by atoms with Crippen molar-refractivity contribution in [1.82, 2.24) is 9.97 Å². The zero-order chi connectivity index (χ0) is 13.9. The lowest BCUT2D eigenvalue weighted by atomic mass is 9.53. The first-order valence-electron chi connectivity index (χ1n) is 8.28. The molecule has 0 radical (unpaired) electrons. The molecule has 1 aromatic heterocycles. The zero-order valence-corrected chi connectivity index (χ0v) is 12.3. The van der Waals surface area contributed by atoms with Gasteiger partial charge < -0.3 is 4.98 Å². The number of rotatable bonds is 2. The number of aromatic nitrogens is 2. The number of H-pyrrole nitrogens is 1. The highest BCUT2D eigenvalue weighted by atomic mass is 15.0. The van der Waals surface area contributed by atoms with Crippen molar-refractivity contribution in [3.05, 3.63) is 30.1 Å². The number of hydrogen-bond donors (Lipinski definition) is 1. The fraction of sp³-hybridized carbons (Fsp3) is 0.556. The molecule has 0 atom stereocenters. The van der Waals surface area contributed by atoms with E-state index in [0.717, 1.165) is 34.6 Å². The van der Waals surface area contributed by atoms with Crippen LogP contribution >= 0.6 is 0 Å². The summed E-state index contributed by atoms with van der Waals surface area (Å²) >= 11 is 0. The van der Waals surface area contributed by atoms with Crippen LogP contribution in [0, 0.1) is 17.8 Å². The fourth-order valence-electron chi connectivity index (χ4n) is 5.45. The van der Waals surface area contributed by atoms with Crippen LogP contribution < -0.4 is 0 Å². The summed E-state index contributed by atoms with van der Waals surface area (Å²) in [7, 11) is 0. The van der Waals surface area contributed by atoms with Gasteiger partial charge in [0.25, 0.3) is 0 Å². The van der Waals surface area contributed by atoms with Crippen LogP contribution in [0.1, 0.15) is 44.3 Å². The first-order valence-corrected chi connectivity index (χ1v) is 8.28. The van der Waals surface area contributed by atoms with Gasteiger partial charge in [-0.15, -0.1) is 0 Å². The number of imidazole rings is 1. The summed E-state index contributed by atoms with van der Waals surface area (Å²) in [6, 6.07) is 8.20. The van der Waals surface area contributed by atoms with Gasteiger partial charge >= 0.3 is 0 Å². The Balaban J connectivity index is 1.46. The Morgan fingerprint density at radius 2 is 1.71 bits per heavy atom. The normalized spacial score (nSPS) is 37.8. The lowest BCUT2D eigenvalue weighted by Crippen LogP contribution is -2.49. The molecule has 108 valence electrons. The van der Waals surface area contributed by atoms with Crippen LogP contribution in [0.2, 0.25) is 0 Å². The molecule has 0 unspecified atom stereocenters. The molecule has 3 heteroatoms. The van der Waals surface area contributed by atoms with E-state index in [1.807, 2.05) is 24.4 Å². The molecule has 0 aliphatic heterocycles. The summed E-state index contributed by atoms with van der Waals surface area (Å²) in [5.74, 6) is 3.75. The Hall–Kier alpha value is -1.64. The topological polar surface area (TPSA) is 41.0 Å². The lowest BCUT2D eigenvalue weighted by Gasteiger charge is -2.54. The lowest BCUT2D eigenvalue weighted by molar-refractivity contribution is 0.00193. The Kier molecular flexibility index (Phi) is 2.38. The molecule has 1 aromatic carbocycles. The van der Waals surface area contributed by atoms with E-state index in [9.17, 15) is 0 Å². The van der Waals surface area contributed by atoms with E-state index < -0.39 is 0 Å². The smallest absolute Gasteiger partial charge is 0.149 e. The molecule has 6 rings (SSSR count). The van der Waals surface area contributed by atoms with Crippen molar-refractivity contribution in [3.8, 4) is 0 Å². The SMILES string of the molecule is C(=N\C12CC3CC(CC(C3)C1)C2)/c1nc2ccccc2[nH]1. The number of para-hydroxylation sites is 2. The van der Waals surface area contributed by atoms with E-state index in [1.165, 1.54) is 38.5 Å². The highest BCUT2D eigenvalue weighted by molar-refractivity contribution is 5.84. The van der Waals surface area contributed by atoms with Gasteiger partial charge in [0, 0.05) is 0 Å². The maximum Gasteiger partial charge on any atom is 0.149 e. The third-order valence-electron chi connectivity index (χ3n) is 5.87. The van der Waals surface area contributed by atoms with Crippen LogP contribution in [0.15, 0.2) is 29.3 Å². The number of aromatic amines is 1. The second kappa shape index (κ2) is 4.19. The van der Waals surface area contributed by atoms with E-state index in [2.05, 4.69) is 16.0 Å². The summed E-state index contributed by atoms with van der Waals surface area (Å²) in [6.45, 7) is 0. The van der Waals surface area contributed by atoms with Crippen LogP contribution in [-0.2, 0) is 0 Å². The van der Waals surface area contributed by atoms with Gasteiger partial charge in [-0.25, -0.2) is 4.98 Å². The molecule has 4 aliphatic carbocycles. The fourth-order valence-corrected chi connectivity index (χ4v) is 5.45. The largest absolute Gasteiger partial charge is 0.337 e. The number of benzene rings is 1. The van der Waals surface area contributed by atoms with Gasteiger partial charge in [0.1, 0.15) is 5.82 Å². The minimum Gasteiger partial charge on any atom is -0.337 e. The molecule has 2 aromatic rings. The van der Waals surface area contributed by atoms with Crippen LogP contribution in [0.3, 0.4) is 0 Å². The van der Waals surface area contributed by atoms with E-state index in [0.29, 0.717) is 0 Å². The van der Waals surface area contributed by atoms with E-state index >= 15 is 0 Å². The van der Waals surface area contributed by atoms with Crippen LogP contribution in [0.5, 0.6) is 0 Å². The number of aliphatic imine (C=N–C) groups is 1. The van der Waals surface area contributed by atoms with Crippen molar-refractivity contribution in [2.45, 2.75) is 44.1 Å². The number of nitrogens with zero attached hydrogens (tertiary/aromatic N) is 2. The van der Waals surface area contributed by atoms with Crippen molar-refractivity contribution >= 4 is 17.2 Å². The summed E-state index contributed by atoms with van der Waals surface area (Å²) in [4.78, 5) is 13.1. The van der Waals surface area contributed by atoms with Gasteiger partial charge in [0.05, 0.1) is 22.8 Å². The zero-order valence-electron chi connectivity index (χ0n) is 12.3. The second-order valence-electron chi connectivity index (χ2n) is 7.54. The highest BCUT2D eigenvalue weighted by Crippen LogP contribution is 2.57. The number of nitrogens with one attached hydrogen (secondary N) is 1. The third-order valence-corrected chi connectivity index (χ3v) is 5.87. The van der Waals surface area contributed by atoms with Crippen molar-refractivity contribution in [2.75, 3.05) is 0 Å². The molecule has 1 N–H and O–H groups in total. The van der Waals surface area contributed by atoms with Gasteiger partial charge in [-0.2, -0.15) is 0 Å². The summed E-state index contributed by atoms with van der Waals surface area (Å²) in [6.07, 6.45) is 10.4. The standard InChI is InChI=1S/C18H21N3/c1-2-4-16-15(3-1)20-17(21-16)11-19-18-8-12-5-13(9-18)7-14(6-12)10-18/h1-4,11-14H,5-10H2,(H,20,21)/b19-11+. The van der Waals surface area contributed by atoms with E-state index in [4.69, 9.17) is 4.99 Å².